The molecular weight excluding hydrogens is 394 g/mol. The molecule has 0 unspecified atom stereocenters. The predicted octanol–water partition coefficient (Wildman–Crippen LogP) is 4.84. The van der Waals surface area contributed by atoms with Gasteiger partial charge in [-0.05, 0) is 50.3 Å². The molecule has 3 aromatic rings. The summed E-state index contributed by atoms with van der Waals surface area (Å²) in [4.78, 5) is 36.6. The predicted molar refractivity (Wildman–Crippen MR) is 119 cm³/mol. The van der Waals surface area contributed by atoms with Crippen molar-refractivity contribution in [1.29, 1.82) is 0 Å². The van der Waals surface area contributed by atoms with E-state index < -0.39 is 6.09 Å². The third-order valence-electron chi connectivity index (χ3n) is 5.35. The van der Waals surface area contributed by atoms with Crippen LogP contribution in [-0.4, -0.2) is 33.1 Å². The van der Waals surface area contributed by atoms with Gasteiger partial charge in [0.05, 0.1) is 16.9 Å². The summed E-state index contributed by atoms with van der Waals surface area (Å²) in [5, 5.41) is 6.29. The average Bonchev–Trinajstić information content (AvgIpc) is 2.75. The summed E-state index contributed by atoms with van der Waals surface area (Å²) in [6.07, 6.45) is 8.21. The zero-order chi connectivity index (χ0) is 21.8. The summed E-state index contributed by atoms with van der Waals surface area (Å²) in [6, 6.07) is 7.63. The molecule has 2 amide bonds. The number of anilines is 2. The molecule has 0 aliphatic heterocycles. The van der Waals surface area contributed by atoms with Gasteiger partial charge in [0, 0.05) is 30.3 Å². The Hall–Kier alpha value is -3.55. The maximum Gasteiger partial charge on any atom is 0.411 e. The Balaban J connectivity index is 1.55. The summed E-state index contributed by atoms with van der Waals surface area (Å²) < 4.78 is 5.57. The fourth-order valence-electron chi connectivity index (χ4n) is 3.71. The van der Waals surface area contributed by atoms with E-state index >= 15 is 0 Å². The maximum absolute atomic E-state index is 12.4. The first-order valence-corrected chi connectivity index (χ1v) is 10.5. The molecule has 8 heteroatoms. The minimum atomic E-state index is -0.444. The third-order valence-corrected chi connectivity index (χ3v) is 5.35. The topological polar surface area (TPSA) is 106 Å². The molecule has 2 heterocycles. The number of carbonyl (C=O) groups excluding carboxylic acids is 2. The van der Waals surface area contributed by atoms with E-state index in [0.717, 1.165) is 42.2 Å². The number of pyridine rings is 1. The van der Waals surface area contributed by atoms with Crippen molar-refractivity contribution in [3.05, 3.63) is 42.4 Å². The first-order valence-electron chi connectivity index (χ1n) is 10.5. The largest absolute Gasteiger partial charge is 0.446 e. The number of amides is 2. The van der Waals surface area contributed by atoms with Gasteiger partial charge in [0.1, 0.15) is 6.10 Å². The number of ether oxygens (including phenoxy) is 1. The van der Waals surface area contributed by atoms with E-state index in [2.05, 4.69) is 25.6 Å². The van der Waals surface area contributed by atoms with Gasteiger partial charge in [-0.2, -0.15) is 0 Å². The van der Waals surface area contributed by atoms with E-state index in [4.69, 9.17) is 4.74 Å². The number of nitrogens with zero attached hydrogens (tertiary/aromatic N) is 3. The van der Waals surface area contributed by atoms with Crippen molar-refractivity contribution in [3.63, 3.8) is 0 Å². The molecule has 0 spiro atoms. The monoisotopic (exact) mass is 419 g/mol. The van der Waals surface area contributed by atoms with Crippen LogP contribution in [-0.2, 0) is 9.53 Å². The number of aryl methyl sites for hydroxylation is 1. The zero-order valence-electron chi connectivity index (χ0n) is 17.6. The summed E-state index contributed by atoms with van der Waals surface area (Å²) in [7, 11) is 0. The minimum absolute atomic E-state index is 0.0109. The van der Waals surface area contributed by atoms with Crippen LogP contribution in [0.3, 0.4) is 0 Å². The Labute approximate surface area is 180 Å². The van der Waals surface area contributed by atoms with Gasteiger partial charge in [0.15, 0.2) is 0 Å². The highest BCUT2D eigenvalue weighted by Crippen LogP contribution is 2.27. The van der Waals surface area contributed by atoms with Gasteiger partial charge in [-0.25, -0.2) is 14.8 Å². The summed E-state index contributed by atoms with van der Waals surface area (Å²) in [5.74, 6) is 0.0288. The smallest absolute Gasteiger partial charge is 0.411 e. The number of rotatable bonds is 4. The molecule has 0 atom stereocenters. The Bertz CT molecular complexity index is 1130. The van der Waals surface area contributed by atoms with Gasteiger partial charge in [-0.3, -0.25) is 20.4 Å². The Morgan fingerprint density at radius 1 is 1.00 bits per heavy atom. The van der Waals surface area contributed by atoms with E-state index in [9.17, 15) is 9.59 Å². The molecule has 1 aliphatic carbocycles. The van der Waals surface area contributed by atoms with Crippen LogP contribution in [0.25, 0.3) is 22.0 Å². The lowest BCUT2D eigenvalue weighted by atomic mass is 9.98. The highest BCUT2D eigenvalue weighted by atomic mass is 16.6. The standard InChI is InChI=1S/C23H25N5O3/c1-14-20(28-23(30)31-19-6-4-3-5-7-19)11-18(13-24-14)16-8-9-17-12-25-22(26-15(2)29)27-21(17)10-16/h8-13,19H,3-7H2,1-2H3,(H,28,30)(H,25,26,27,29). The van der Waals surface area contributed by atoms with Gasteiger partial charge in [-0.1, -0.05) is 18.6 Å². The van der Waals surface area contributed by atoms with Crippen LogP contribution in [0.15, 0.2) is 36.7 Å². The first kappa shape index (κ1) is 20.7. The van der Waals surface area contributed by atoms with Crippen molar-refractivity contribution < 1.29 is 14.3 Å². The van der Waals surface area contributed by atoms with E-state index in [-0.39, 0.29) is 18.0 Å². The quantitative estimate of drug-likeness (QED) is 0.627. The van der Waals surface area contributed by atoms with Gasteiger partial charge in [0.2, 0.25) is 11.9 Å². The Kier molecular flexibility index (Phi) is 6.06. The van der Waals surface area contributed by atoms with Crippen molar-refractivity contribution >= 4 is 34.5 Å². The second-order valence-corrected chi connectivity index (χ2v) is 7.80. The van der Waals surface area contributed by atoms with Crippen LogP contribution >= 0.6 is 0 Å². The number of fused-ring (bicyclic) bond motifs is 1. The minimum Gasteiger partial charge on any atom is -0.446 e. The van der Waals surface area contributed by atoms with Gasteiger partial charge in [0.25, 0.3) is 0 Å². The van der Waals surface area contributed by atoms with E-state index in [1.165, 1.54) is 13.3 Å². The molecular formula is C23H25N5O3. The van der Waals surface area contributed by atoms with E-state index in [1.807, 2.05) is 31.2 Å². The van der Waals surface area contributed by atoms with Crippen molar-refractivity contribution in [2.45, 2.75) is 52.1 Å². The number of hydrogen-bond donors (Lipinski definition) is 2. The molecule has 2 N–H and O–H groups in total. The molecule has 8 nitrogen and oxygen atoms in total. The van der Waals surface area contributed by atoms with Crippen molar-refractivity contribution in [1.82, 2.24) is 15.0 Å². The second-order valence-electron chi connectivity index (χ2n) is 7.80. The highest BCUT2D eigenvalue weighted by Gasteiger charge is 2.18. The summed E-state index contributed by atoms with van der Waals surface area (Å²) in [5.41, 5.74) is 3.74. The number of nitrogens with one attached hydrogen (secondary N) is 2. The molecule has 0 radical (unpaired) electrons. The van der Waals surface area contributed by atoms with Crippen LogP contribution < -0.4 is 10.6 Å². The van der Waals surface area contributed by atoms with Crippen molar-refractivity contribution in [2.75, 3.05) is 10.6 Å². The summed E-state index contributed by atoms with van der Waals surface area (Å²) in [6.45, 7) is 3.25. The fraction of sp³-hybridized carbons (Fsp3) is 0.348. The number of carbonyl (C=O) groups is 2. The Morgan fingerprint density at radius 2 is 1.81 bits per heavy atom. The average molecular weight is 419 g/mol. The lowest BCUT2D eigenvalue weighted by molar-refractivity contribution is -0.114. The lowest BCUT2D eigenvalue weighted by Gasteiger charge is -2.22. The van der Waals surface area contributed by atoms with Gasteiger partial charge >= 0.3 is 6.09 Å². The Morgan fingerprint density at radius 3 is 2.58 bits per heavy atom. The van der Waals surface area contributed by atoms with Gasteiger partial charge in [-0.15, -0.1) is 0 Å². The lowest BCUT2D eigenvalue weighted by Crippen LogP contribution is -2.24. The van der Waals surface area contributed by atoms with Gasteiger partial charge < -0.3 is 4.74 Å². The zero-order valence-corrected chi connectivity index (χ0v) is 17.6. The van der Waals surface area contributed by atoms with Crippen molar-refractivity contribution in [2.24, 2.45) is 0 Å². The summed E-state index contributed by atoms with van der Waals surface area (Å²) >= 11 is 0. The van der Waals surface area contributed by atoms with Crippen LogP contribution in [0.2, 0.25) is 0 Å². The third kappa shape index (κ3) is 5.14. The van der Waals surface area contributed by atoms with E-state index in [1.54, 1.807) is 12.4 Å². The maximum atomic E-state index is 12.4. The van der Waals surface area contributed by atoms with Crippen molar-refractivity contribution in [3.8, 4) is 11.1 Å². The number of aromatic nitrogens is 3. The number of hydrogen-bond acceptors (Lipinski definition) is 6. The molecule has 2 aromatic heterocycles. The molecule has 1 aliphatic rings. The SMILES string of the molecule is CC(=O)Nc1ncc2ccc(-c3cnc(C)c(NC(=O)OC4CCCCC4)c3)cc2n1. The first-order chi connectivity index (χ1) is 15.0. The van der Waals surface area contributed by atoms with E-state index in [0.29, 0.717) is 16.9 Å². The van der Waals surface area contributed by atoms with Crippen LogP contribution in [0, 0.1) is 6.92 Å². The second kappa shape index (κ2) is 9.07. The van der Waals surface area contributed by atoms with Crippen LogP contribution in [0.4, 0.5) is 16.4 Å². The molecule has 160 valence electrons. The van der Waals surface area contributed by atoms with Crippen LogP contribution in [0.1, 0.15) is 44.7 Å². The molecule has 4 rings (SSSR count). The molecule has 1 aromatic carbocycles. The normalized spacial score (nSPS) is 14.3. The molecule has 1 saturated carbocycles. The molecule has 1 fully saturated rings. The fourth-order valence-corrected chi connectivity index (χ4v) is 3.71. The molecule has 0 bridgehead atoms. The highest BCUT2D eigenvalue weighted by molar-refractivity contribution is 5.90. The molecule has 0 saturated heterocycles. The molecule has 31 heavy (non-hydrogen) atoms. The number of benzene rings is 1. The van der Waals surface area contributed by atoms with Crippen LogP contribution in [0.5, 0.6) is 0 Å².